The van der Waals surface area contributed by atoms with Crippen LogP contribution in [0.1, 0.15) is 111 Å². The number of aromatic nitrogens is 2. The lowest BCUT2D eigenvalue weighted by molar-refractivity contribution is 0.00578. The fraction of sp³-hybridized carbons (Fsp3) is 0.414. The SMILES string of the molecule is Brc1cc(Br)cc(-c2cccc(-c3cccnc3)c2)c1.CC1(C)OB(B2OC(C)(C)C(C)(C)O2)OC1(C)C.CC1(C)OB(c2cc(B3OC(C)(C)C(C)(C)O3)cc(-c3cccc(-c4cccnc4)c3)c2)OC1(C)C. The van der Waals surface area contributed by atoms with Crippen LogP contribution in [0, 0.1) is 0 Å². The van der Waals surface area contributed by atoms with Crippen molar-refractivity contribution in [3.8, 4) is 44.5 Å². The highest BCUT2D eigenvalue weighted by molar-refractivity contribution is 9.11. The van der Waals surface area contributed by atoms with Gasteiger partial charge in [0.2, 0.25) is 0 Å². The van der Waals surface area contributed by atoms with Gasteiger partial charge < -0.3 is 37.2 Å². The van der Waals surface area contributed by atoms with Crippen molar-refractivity contribution < 1.29 is 37.2 Å². The number of hydrogen-bond donors (Lipinski definition) is 0. The largest absolute Gasteiger partial charge is 0.494 e. The molecule has 0 amide bonds. The number of rotatable bonds is 7. The number of hydrogen-bond acceptors (Lipinski definition) is 10. The van der Waals surface area contributed by atoms with Gasteiger partial charge in [0.25, 0.3) is 0 Å². The molecule has 0 N–H and O–H groups in total. The summed E-state index contributed by atoms with van der Waals surface area (Å²) in [6.45, 7) is 32.8. The van der Waals surface area contributed by atoms with Gasteiger partial charge in [0, 0.05) is 44.9 Å². The van der Waals surface area contributed by atoms with Crippen LogP contribution >= 0.6 is 31.9 Å². The normalized spacial score (nSPS) is 21.2. The minimum atomic E-state index is -0.488. The molecule has 16 heteroatoms. The smallest absolute Gasteiger partial charge is 0.405 e. The van der Waals surface area contributed by atoms with Crippen LogP contribution in [0.4, 0.5) is 0 Å². The molecule has 4 saturated heterocycles. The van der Waals surface area contributed by atoms with Gasteiger partial charge in [0.15, 0.2) is 0 Å². The second-order valence-electron chi connectivity index (χ2n) is 23.6. The third kappa shape index (κ3) is 12.0. The highest BCUT2D eigenvalue weighted by Crippen LogP contribution is 2.44. The average Bonchev–Trinajstić information content (AvgIpc) is 3.89. The van der Waals surface area contributed by atoms with E-state index in [1.807, 2.05) is 86.0 Å². The third-order valence-corrected chi connectivity index (χ3v) is 17.0. The van der Waals surface area contributed by atoms with Crippen LogP contribution in [0.5, 0.6) is 0 Å². The molecule has 10 rings (SSSR count). The molecule has 0 radical (unpaired) electrons. The fourth-order valence-electron chi connectivity index (χ4n) is 8.62. The van der Waals surface area contributed by atoms with Gasteiger partial charge in [-0.15, -0.1) is 0 Å². The van der Waals surface area contributed by atoms with Crippen molar-refractivity contribution in [2.75, 3.05) is 0 Å². The highest BCUT2D eigenvalue weighted by Gasteiger charge is 2.64. The van der Waals surface area contributed by atoms with Crippen molar-refractivity contribution in [3.05, 3.63) is 143 Å². The molecular weight excluding hydrogens is 1060 g/mol. The molecule has 4 aliphatic rings. The molecule has 2 aromatic heterocycles. The Morgan fingerprint density at radius 3 is 0.905 bits per heavy atom. The lowest BCUT2D eigenvalue weighted by Gasteiger charge is -2.32. The minimum Gasteiger partial charge on any atom is -0.405 e. The molecule has 0 bridgehead atoms. The summed E-state index contributed by atoms with van der Waals surface area (Å²) in [4.78, 5) is 8.46. The van der Waals surface area contributed by atoms with Crippen molar-refractivity contribution in [1.82, 2.24) is 9.97 Å². The summed E-state index contributed by atoms with van der Waals surface area (Å²) >= 11 is 7.07. The summed E-state index contributed by atoms with van der Waals surface area (Å²) < 4.78 is 51.7. The zero-order chi connectivity index (χ0) is 53.9. The van der Waals surface area contributed by atoms with Crippen LogP contribution in [-0.4, -0.2) is 83.0 Å². The molecule has 4 aliphatic heterocycles. The maximum absolute atomic E-state index is 6.42. The Morgan fingerprint density at radius 2 is 0.595 bits per heavy atom. The molecule has 0 atom stereocenters. The zero-order valence-corrected chi connectivity index (χ0v) is 49.1. The van der Waals surface area contributed by atoms with Crippen molar-refractivity contribution in [2.24, 2.45) is 0 Å². The summed E-state index contributed by atoms with van der Waals surface area (Å²) in [6.07, 6.45) is 7.35. The Balaban J connectivity index is 0.000000162. The molecule has 10 nitrogen and oxygen atoms in total. The lowest BCUT2D eigenvalue weighted by atomic mass is 9.49. The summed E-state index contributed by atoms with van der Waals surface area (Å²) in [5, 5.41) is 0. The first-order valence-electron chi connectivity index (χ1n) is 25.4. The predicted octanol–water partition coefficient (Wildman–Crippen LogP) is 13.2. The fourth-order valence-corrected chi connectivity index (χ4v) is 9.91. The van der Waals surface area contributed by atoms with E-state index < -0.39 is 50.7 Å². The molecule has 74 heavy (non-hydrogen) atoms. The first-order chi connectivity index (χ1) is 34.4. The van der Waals surface area contributed by atoms with Gasteiger partial charge in [-0.3, -0.25) is 9.97 Å². The van der Waals surface area contributed by atoms with Gasteiger partial charge in [-0.05, 0) is 198 Å². The second-order valence-corrected chi connectivity index (χ2v) is 25.4. The van der Waals surface area contributed by atoms with Gasteiger partial charge in [-0.25, -0.2) is 0 Å². The first kappa shape index (κ1) is 56.3. The Kier molecular flexibility index (Phi) is 15.8. The minimum absolute atomic E-state index is 0.360. The van der Waals surface area contributed by atoms with Crippen LogP contribution in [-0.2, 0) is 37.2 Å². The summed E-state index contributed by atoms with van der Waals surface area (Å²) in [7, 11) is -1.93. The monoisotopic (exact) mass is 1120 g/mol. The van der Waals surface area contributed by atoms with E-state index in [2.05, 4.69) is 188 Å². The number of benzene rings is 4. The highest BCUT2D eigenvalue weighted by atomic mass is 79.9. The summed E-state index contributed by atoms with van der Waals surface area (Å²) in [5.41, 5.74) is 7.72. The first-order valence-corrected chi connectivity index (χ1v) is 27.0. The third-order valence-electron chi connectivity index (χ3n) is 16.0. The second kappa shape index (κ2) is 20.8. The molecule has 4 aromatic carbocycles. The summed E-state index contributed by atoms with van der Waals surface area (Å²) in [6, 6.07) is 37.7. The van der Waals surface area contributed by atoms with Crippen molar-refractivity contribution >= 4 is 71.0 Å². The zero-order valence-electron chi connectivity index (χ0n) is 45.9. The van der Waals surface area contributed by atoms with E-state index in [1.54, 1.807) is 12.4 Å². The molecule has 4 fully saturated rings. The van der Waals surface area contributed by atoms with Crippen LogP contribution in [0.3, 0.4) is 0 Å². The van der Waals surface area contributed by atoms with E-state index in [0.717, 1.165) is 47.7 Å². The molecule has 0 saturated carbocycles. The summed E-state index contributed by atoms with van der Waals surface area (Å²) in [5.74, 6) is 0. The van der Waals surface area contributed by atoms with Crippen molar-refractivity contribution in [2.45, 2.75) is 156 Å². The molecule has 6 aromatic rings. The van der Waals surface area contributed by atoms with Crippen molar-refractivity contribution in [3.63, 3.8) is 0 Å². The van der Waals surface area contributed by atoms with E-state index in [1.165, 1.54) is 16.7 Å². The Hall–Kier alpha value is -3.92. The van der Waals surface area contributed by atoms with E-state index in [9.17, 15) is 0 Å². The van der Waals surface area contributed by atoms with Crippen LogP contribution in [0.25, 0.3) is 44.5 Å². The van der Waals surface area contributed by atoms with Gasteiger partial charge in [-0.2, -0.15) is 0 Å². The maximum atomic E-state index is 6.42. The van der Waals surface area contributed by atoms with Crippen LogP contribution in [0.2, 0.25) is 0 Å². The molecule has 0 unspecified atom stereocenters. The maximum Gasteiger partial charge on any atom is 0.494 e. The van der Waals surface area contributed by atoms with Crippen LogP contribution < -0.4 is 10.9 Å². The standard InChI is InChI=1S/C29H35B2NO4.C17H11Br2N.C12H24B2O4/c1-26(2)27(3,4)34-30(33-26)24-16-23(17-25(18-24)31-35-28(5,6)29(7,8)36-31)21-12-9-11-20(15-21)22-13-10-14-32-19-22;18-16-8-15(9-17(19)10-16)13-4-1-3-12(7-13)14-5-2-6-20-11-14;1-9(2)10(3,4)16-13(15-9)14-17-11(5,6)12(7,8)18-14/h9-19H,1-8H3;1-11H;1-8H3. The average molecular weight is 1130 g/mol. The predicted molar refractivity (Wildman–Crippen MR) is 309 cm³/mol. The molecule has 6 heterocycles. The quantitative estimate of drug-likeness (QED) is 0.144. The molecule has 386 valence electrons. The Labute approximate surface area is 458 Å². The molecule has 0 aliphatic carbocycles. The molecule has 0 spiro atoms. The van der Waals surface area contributed by atoms with E-state index in [0.29, 0.717) is 0 Å². The van der Waals surface area contributed by atoms with Gasteiger partial charge in [0.1, 0.15) is 0 Å². The van der Waals surface area contributed by atoms with E-state index in [4.69, 9.17) is 37.2 Å². The number of pyridine rings is 2. The van der Waals surface area contributed by atoms with Gasteiger partial charge in [-0.1, -0.05) is 98.6 Å². The Morgan fingerprint density at radius 1 is 0.311 bits per heavy atom. The van der Waals surface area contributed by atoms with Gasteiger partial charge >= 0.3 is 28.3 Å². The molecular formula is C58H70B4Br2N2O8. The number of halogens is 2. The van der Waals surface area contributed by atoms with Crippen molar-refractivity contribution in [1.29, 1.82) is 0 Å². The Bertz CT molecular complexity index is 2780. The van der Waals surface area contributed by atoms with E-state index in [-0.39, 0.29) is 22.4 Å². The number of nitrogens with zero attached hydrogens (tertiary/aromatic N) is 2. The van der Waals surface area contributed by atoms with Crippen LogP contribution in [0.15, 0.2) is 143 Å². The topological polar surface area (TPSA) is 99.6 Å². The lowest BCUT2D eigenvalue weighted by Crippen LogP contribution is -2.41. The van der Waals surface area contributed by atoms with Gasteiger partial charge in [0.05, 0.1) is 44.8 Å². The van der Waals surface area contributed by atoms with E-state index >= 15 is 0 Å².